The molecular weight excluding hydrogens is 423 g/mol. The zero-order valence-electron chi connectivity index (χ0n) is 15.7. The number of hydrogen-bond acceptors (Lipinski definition) is 4. The Morgan fingerprint density at radius 3 is 1.28 bits per heavy atom. The van der Waals surface area contributed by atoms with Crippen molar-refractivity contribution in [2.24, 2.45) is 0 Å². The molecule has 0 rings (SSSR count). The molecule has 0 saturated carbocycles. The van der Waals surface area contributed by atoms with Gasteiger partial charge in [-0.3, -0.25) is 0 Å². The summed E-state index contributed by atoms with van der Waals surface area (Å²) in [4.78, 5) is 22.9. The number of hydrogen-bond donors (Lipinski definition) is 0. The molecule has 148 valence electrons. The van der Waals surface area contributed by atoms with Crippen molar-refractivity contribution in [1.82, 2.24) is 0 Å². The van der Waals surface area contributed by atoms with E-state index in [1.165, 1.54) is 51.4 Å². The van der Waals surface area contributed by atoms with Gasteiger partial charge in [-0.2, -0.15) is 0 Å². The predicted octanol–water partition coefficient (Wildman–Crippen LogP) is 3.90. The molecule has 0 aromatic carbocycles. The number of rotatable bonds is 16. The summed E-state index contributed by atoms with van der Waals surface area (Å²) < 4.78 is 10.1. The van der Waals surface area contributed by atoms with Gasteiger partial charge in [0, 0.05) is 12.2 Å². The zero-order chi connectivity index (χ0) is 17.9. The fourth-order valence-electron chi connectivity index (χ4n) is 2.34. The Hall–Kier alpha value is -0.521. The van der Waals surface area contributed by atoms with Gasteiger partial charge in [-0.15, -0.1) is 0 Å². The van der Waals surface area contributed by atoms with E-state index in [1.54, 1.807) is 0 Å². The second-order valence-electron chi connectivity index (χ2n) is 6.20. The SMILES string of the molecule is CCCCCCCCOC(=O)/C=C\C(=O)OCCCCCCCC.[SnH4]. The molecule has 25 heavy (non-hydrogen) atoms. The van der Waals surface area contributed by atoms with Gasteiger partial charge in [-0.1, -0.05) is 78.1 Å². The fourth-order valence-corrected chi connectivity index (χ4v) is 2.34. The van der Waals surface area contributed by atoms with Gasteiger partial charge in [0.05, 0.1) is 13.2 Å². The minimum absolute atomic E-state index is 0. The normalized spacial score (nSPS) is 10.5. The molecule has 0 aromatic rings. The van der Waals surface area contributed by atoms with Crippen LogP contribution in [-0.4, -0.2) is 49.1 Å². The van der Waals surface area contributed by atoms with Crippen molar-refractivity contribution in [3.63, 3.8) is 0 Å². The van der Waals surface area contributed by atoms with Gasteiger partial charge in [0.25, 0.3) is 0 Å². The van der Waals surface area contributed by atoms with E-state index in [-0.39, 0.29) is 23.9 Å². The molecular formula is C20H40O4Sn. The first-order valence-electron chi connectivity index (χ1n) is 9.72. The van der Waals surface area contributed by atoms with E-state index in [1.807, 2.05) is 0 Å². The summed E-state index contributed by atoms with van der Waals surface area (Å²) in [6.07, 6.45) is 16.1. The van der Waals surface area contributed by atoms with E-state index in [2.05, 4.69) is 13.8 Å². The van der Waals surface area contributed by atoms with Crippen molar-refractivity contribution >= 4 is 35.8 Å². The number of unbranched alkanes of at least 4 members (excludes halogenated alkanes) is 10. The predicted molar refractivity (Wildman–Crippen MR) is 109 cm³/mol. The van der Waals surface area contributed by atoms with Crippen LogP contribution in [0.1, 0.15) is 90.9 Å². The van der Waals surface area contributed by atoms with Crippen molar-refractivity contribution in [2.45, 2.75) is 90.9 Å². The molecule has 0 aliphatic rings. The molecule has 0 atom stereocenters. The van der Waals surface area contributed by atoms with Crippen LogP contribution in [0, 0.1) is 0 Å². The third kappa shape index (κ3) is 21.4. The van der Waals surface area contributed by atoms with E-state index in [4.69, 9.17) is 9.47 Å². The Morgan fingerprint density at radius 2 is 0.920 bits per heavy atom. The van der Waals surface area contributed by atoms with E-state index >= 15 is 0 Å². The van der Waals surface area contributed by atoms with Crippen LogP contribution < -0.4 is 0 Å². The fraction of sp³-hybridized carbons (Fsp3) is 0.800. The van der Waals surface area contributed by atoms with E-state index < -0.39 is 11.9 Å². The van der Waals surface area contributed by atoms with Gasteiger partial charge < -0.3 is 9.47 Å². The molecule has 0 heterocycles. The minimum atomic E-state index is -0.472. The Labute approximate surface area is 171 Å². The number of carbonyl (C=O) groups is 2. The molecule has 0 saturated heterocycles. The monoisotopic (exact) mass is 464 g/mol. The molecule has 0 bridgehead atoms. The first-order chi connectivity index (χ1) is 11.7. The summed E-state index contributed by atoms with van der Waals surface area (Å²) in [5, 5.41) is 0. The van der Waals surface area contributed by atoms with Crippen LogP contribution in [0.2, 0.25) is 0 Å². The van der Waals surface area contributed by atoms with E-state index in [0.29, 0.717) is 13.2 Å². The summed E-state index contributed by atoms with van der Waals surface area (Å²) in [7, 11) is 0. The van der Waals surface area contributed by atoms with Crippen LogP contribution in [0.3, 0.4) is 0 Å². The molecule has 5 heteroatoms. The van der Waals surface area contributed by atoms with Gasteiger partial charge in [0.1, 0.15) is 0 Å². The Bertz CT molecular complexity index is 311. The van der Waals surface area contributed by atoms with Crippen LogP contribution in [0.5, 0.6) is 0 Å². The molecule has 0 amide bonds. The van der Waals surface area contributed by atoms with Crippen molar-refractivity contribution < 1.29 is 19.1 Å². The van der Waals surface area contributed by atoms with Crippen LogP contribution in [0.4, 0.5) is 0 Å². The molecule has 0 radical (unpaired) electrons. The number of carbonyl (C=O) groups excluding carboxylic acids is 2. The maximum atomic E-state index is 11.4. The molecule has 0 aromatic heterocycles. The molecule has 0 aliphatic heterocycles. The molecule has 0 unspecified atom stereocenters. The van der Waals surface area contributed by atoms with Crippen LogP contribution >= 0.6 is 0 Å². The topological polar surface area (TPSA) is 52.6 Å². The summed E-state index contributed by atoms with van der Waals surface area (Å²) in [6, 6.07) is 0. The van der Waals surface area contributed by atoms with Crippen molar-refractivity contribution in [1.29, 1.82) is 0 Å². The quantitative estimate of drug-likeness (QED) is 0.151. The first-order valence-corrected chi connectivity index (χ1v) is 9.72. The Morgan fingerprint density at radius 1 is 0.600 bits per heavy atom. The van der Waals surface area contributed by atoms with E-state index in [0.717, 1.165) is 37.8 Å². The van der Waals surface area contributed by atoms with Gasteiger partial charge in [0.2, 0.25) is 0 Å². The number of ether oxygens (including phenoxy) is 2. The van der Waals surface area contributed by atoms with Crippen LogP contribution in [0.15, 0.2) is 12.2 Å². The van der Waals surface area contributed by atoms with Gasteiger partial charge in [0.15, 0.2) is 0 Å². The third-order valence-corrected chi connectivity index (χ3v) is 3.84. The molecule has 0 aliphatic carbocycles. The molecule has 0 spiro atoms. The molecule has 0 fully saturated rings. The van der Waals surface area contributed by atoms with Gasteiger partial charge >= 0.3 is 35.8 Å². The average Bonchev–Trinajstić information content (AvgIpc) is 2.58. The van der Waals surface area contributed by atoms with Crippen molar-refractivity contribution in [3.8, 4) is 0 Å². The number of esters is 2. The summed E-state index contributed by atoms with van der Waals surface area (Å²) >= 11 is 0. The molecule has 4 nitrogen and oxygen atoms in total. The average molecular weight is 463 g/mol. The van der Waals surface area contributed by atoms with Gasteiger partial charge in [-0.25, -0.2) is 9.59 Å². The maximum absolute atomic E-state index is 11.4. The van der Waals surface area contributed by atoms with Crippen molar-refractivity contribution in [2.75, 3.05) is 13.2 Å². The summed E-state index contributed by atoms with van der Waals surface area (Å²) in [6.45, 7) is 5.21. The summed E-state index contributed by atoms with van der Waals surface area (Å²) in [5.74, 6) is -0.944. The zero-order valence-corrected chi connectivity index (χ0v) is 15.7. The Kier molecular flexibility index (Phi) is 23.0. The second-order valence-corrected chi connectivity index (χ2v) is 6.20. The first kappa shape index (κ1) is 26.7. The Balaban J connectivity index is 0. The second kappa shape index (κ2) is 21.5. The van der Waals surface area contributed by atoms with Crippen LogP contribution in [-0.2, 0) is 19.1 Å². The van der Waals surface area contributed by atoms with Crippen molar-refractivity contribution in [3.05, 3.63) is 12.2 Å². The van der Waals surface area contributed by atoms with Crippen LogP contribution in [0.25, 0.3) is 0 Å². The van der Waals surface area contributed by atoms with Gasteiger partial charge in [-0.05, 0) is 12.8 Å². The standard InChI is InChI=1S/C20H36O4.Sn.4H/c1-3-5-7-9-11-13-17-23-19(21)15-16-20(22)24-18-14-12-10-8-6-4-2;;;;;/h15-16H,3-14,17-18H2,1-2H3;;;;;/b16-15-;;;;;. The molecule has 0 N–H and O–H groups in total. The third-order valence-electron chi connectivity index (χ3n) is 3.84. The van der Waals surface area contributed by atoms with E-state index in [9.17, 15) is 9.59 Å². The summed E-state index contributed by atoms with van der Waals surface area (Å²) in [5.41, 5.74) is 0.